The summed E-state index contributed by atoms with van der Waals surface area (Å²) < 4.78 is 18.2. The molecule has 0 unspecified atom stereocenters. The predicted octanol–water partition coefficient (Wildman–Crippen LogP) is 2.60. The van der Waals surface area contributed by atoms with E-state index in [4.69, 9.17) is 4.74 Å². The van der Waals surface area contributed by atoms with E-state index in [1.165, 1.54) is 31.5 Å². The van der Waals surface area contributed by atoms with Crippen LogP contribution in [0.3, 0.4) is 0 Å². The van der Waals surface area contributed by atoms with Gasteiger partial charge >= 0.3 is 0 Å². The number of rotatable bonds is 2. The van der Waals surface area contributed by atoms with E-state index in [1.54, 1.807) is 12.1 Å². The maximum absolute atomic E-state index is 13.2. The number of pyridine rings is 1. The first-order valence-corrected chi connectivity index (χ1v) is 4.69. The molecule has 0 aliphatic carbocycles. The summed E-state index contributed by atoms with van der Waals surface area (Å²) in [6, 6.07) is 7.29. The normalized spacial score (nSPS) is 10.1. The fourth-order valence-electron chi connectivity index (χ4n) is 1.44. The molecule has 0 fully saturated rings. The largest absolute Gasteiger partial charge is 0.506 e. The topological polar surface area (TPSA) is 42.4 Å². The van der Waals surface area contributed by atoms with E-state index in [0.717, 1.165) is 0 Å². The minimum atomic E-state index is -0.431. The standard InChI is InChI=1S/C12H10FNO2/c1-16-10-6-8(5-9(13)7-10)12-11(15)3-2-4-14-12/h2-7,15H,1H3. The average molecular weight is 219 g/mol. The fourth-order valence-corrected chi connectivity index (χ4v) is 1.44. The summed E-state index contributed by atoms with van der Waals surface area (Å²) in [5.74, 6) is -0.0328. The van der Waals surface area contributed by atoms with Crippen molar-refractivity contribution in [1.82, 2.24) is 4.98 Å². The molecular weight excluding hydrogens is 209 g/mol. The first-order chi connectivity index (χ1) is 7.70. The molecule has 0 radical (unpaired) electrons. The van der Waals surface area contributed by atoms with Crippen molar-refractivity contribution in [2.45, 2.75) is 0 Å². The third kappa shape index (κ3) is 1.95. The van der Waals surface area contributed by atoms with Crippen LogP contribution >= 0.6 is 0 Å². The van der Waals surface area contributed by atoms with Crippen molar-refractivity contribution in [3.8, 4) is 22.8 Å². The molecule has 16 heavy (non-hydrogen) atoms. The van der Waals surface area contributed by atoms with Crippen molar-refractivity contribution >= 4 is 0 Å². The third-order valence-electron chi connectivity index (χ3n) is 2.17. The fraction of sp³-hybridized carbons (Fsp3) is 0.0833. The second-order valence-corrected chi connectivity index (χ2v) is 3.25. The van der Waals surface area contributed by atoms with E-state index >= 15 is 0 Å². The third-order valence-corrected chi connectivity index (χ3v) is 2.17. The van der Waals surface area contributed by atoms with Crippen molar-refractivity contribution in [2.24, 2.45) is 0 Å². The van der Waals surface area contributed by atoms with Gasteiger partial charge in [0.15, 0.2) is 0 Å². The molecule has 1 heterocycles. The van der Waals surface area contributed by atoms with Crippen LogP contribution in [-0.4, -0.2) is 17.2 Å². The molecule has 0 amide bonds. The van der Waals surface area contributed by atoms with Gasteiger partial charge in [-0.3, -0.25) is 4.98 Å². The van der Waals surface area contributed by atoms with Gasteiger partial charge in [-0.1, -0.05) is 0 Å². The molecule has 0 atom stereocenters. The zero-order valence-corrected chi connectivity index (χ0v) is 8.64. The summed E-state index contributed by atoms with van der Waals surface area (Å²) >= 11 is 0. The van der Waals surface area contributed by atoms with Crippen LogP contribution in [0.4, 0.5) is 4.39 Å². The quantitative estimate of drug-likeness (QED) is 0.844. The summed E-state index contributed by atoms with van der Waals surface area (Å²) in [4.78, 5) is 3.99. The molecule has 1 N–H and O–H groups in total. The predicted molar refractivity (Wildman–Crippen MR) is 57.8 cm³/mol. The molecule has 2 aromatic rings. The molecule has 3 nitrogen and oxygen atoms in total. The van der Waals surface area contributed by atoms with E-state index in [1.807, 2.05) is 0 Å². The molecule has 0 aliphatic heterocycles. The summed E-state index contributed by atoms with van der Waals surface area (Å²) in [5.41, 5.74) is 0.815. The lowest BCUT2D eigenvalue weighted by molar-refractivity contribution is 0.411. The highest BCUT2D eigenvalue weighted by Crippen LogP contribution is 2.29. The minimum Gasteiger partial charge on any atom is -0.506 e. The molecular formula is C12H10FNO2. The number of benzene rings is 1. The number of ether oxygens (including phenoxy) is 1. The van der Waals surface area contributed by atoms with Crippen molar-refractivity contribution in [2.75, 3.05) is 7.11 Å². The van der Waals surface area contributed by atoms with Gasteiger partial charge in [0, 0.05) is 17.8 Å². The maximum atomic E-state index is 13.2. The Balaban J connectivity index is 2.56. The van der Waals surface area contributed by atoms with Gasteiger partial charge in [0.2, 0.25) is 0 Å². The first-order valence-electron chi connectivity index (χ1n) is 4.69. The molecule has 0 saturated carbocycles. The second kappa shape index (κ2) is 4.18. The Labute approximate surface area is 92.1 Å². The van der Waals surface area contributed by atoms with Crippen LogP contribution in [0, 0.1) is 5.82 Å². The summed E-state index contributed by atoms with van der Waals surface area (Å²) in [7, 11) is 1.46. The average Bonchev–Trinajstić information content (AvgIpc) is 2.28. The van der Waals surface area contributed by atoms with Crippen molar-refractivity contribution in [3.63, 3.8) is 0 Å². The van der Waals surface area contributed by atoms with Gasteiger partial charge in [-0.2, -0.15) is 0 Å². The first kappa shape index (κ1) is 10.4. The van der Waals surface area contributed by atoms with Gasteiger partial charge in [-0.25, -0.2) is 4.39 Å². The van der Waals surface area contributed by atoms with Gasteiger partial charge in [0.05, 0.1) is 7.11 Å². The number of methoxy groups -OCH3 is 1. The Morgan fingerprint density at radius 2 is 2.12 bits per heavy atom. The highest BCUT2D eigenvalue weighted by atomic mass is 19.1. The van der Waals surface area contributed by atoms with E-state index in [0.29, 0.717) is 17.0 Å². The highest BCUT2D eigenvalue weighted by molar-refractivity contribution is 5.67. The smallest absolute Gasteiger partial charge is 0.141 e. The van der Waals surface area contributed by atoms with Crippen LogP contribution in [0.1, 0.15) is 0 Å². The Bertz CT molecular complexity index is 514. The van der Waals surface area contributed by atoms with Gasteiger partial charge in [0.25, 0.3) is 0 Å². The Hall–Kier alpha value is -2.10. The van der Waals surface area contributed by atoms with Gasteiger partial charge in [-0.15, -0.1) is 0 Å². The molecule has 0 spiro atoms. The van der Waals surface area contributed by atoms with E-state index in [9.17, 15) is 9.50 Å². The van der Waals surface area contributed by atoms with Crippen LogP contribution in [0.5, 0.6) is 11.5 Å². The van der Waals surface area contributed by atoms with Crippen LogP contribution in [-0.2, 0) is 0 Å². The highest BCUT2D eigenvalue weighted by Gasteiger charge is 2.08. The van der Waals surface area contributed by atoms with E-state index < -0.39 is 5.82 Å². The van der Waals surface area contributed by atoms with Crippen LogP contribution < -0.4 is 4.74 Å². The molecule has 2 rings (SSSR count). The maximum Gasteiger partial charge on any atom is 0.141 e. The lowest BCUT2D eigenvalue weighted by Gasteiger charge is -2.06. The molecule has 0 bridgehead atoms. The molecule has 0 saturated heterocycles. The molecule has 1 aromatic carbocycles. The second-order valence-electron chi connectivity index (χ2n) is 3.25. The van der Waals surface area contributed by atoms with E-state index in [-0.39, 0.29) is 5.75 Å². The summed E-state index contributed by atoms with van der Waals surface area (Å²) in [6.45, 7) is 0. The number of aromatic hydroxyl groups is 1. The molecule has 1 aromatic heterocycles. The molecule has 4 heteroatoms. The Kier molecular flexibility index (Phi) is 2.72. The van der Waals surface area contributed by atoms with Crippen LogP contribution in [0.15, 0.2) is 36.5 Å². The lowest BCUT2D eigenvalue weighted by atomic mass is 10.1. The minimum absolute atomic E-state index is 0.00940. The SMILES string of the molecule is COc1cc(F)cc(-c2ncccc2O)c1. The zero-order chi connectivity index (χ0) is 11.5. The van der Waals surface area contributed by atoms with Crippen molar-refractivity contribution in [3.05, 3.63) is 42.3 Å². The van der Waals surface area contributed by atoms with Crippen molar-refractivity contribution in [1.29, 1.82) is 0 Å². The van der Waals surface area contributed by atoms with Gasteiger partial charge in [0.1, 0.15) is 23.0 Å². The number of halogens is 1. The van der Waals surface area contributed by atoms with Gasteiger partial charge in [-0.05, 0) is 24.3 Å². The monoisotopic (exact) mass is 219 g/mol. The van der Waals surface area contributed by atoms with Crippen LogP contribution in [0.2, 0.25) is 0 Å². The van der Waals surface area contributed by atoms with Gasteiger partial charge < -0.3 is 9.84 Å². The summed E-state index contributed by atoms with van der Waals surface area (Å²) in [5, 5.41) is 9.59. The van der Waals surface area contributed by atoms with Crippen molar-refractivity contribution < 1.29 is 14.2 Å². The van der Waals surface area contributed by atoms with E-state index in [2.05, 4.69) is 4.98 Å². The zero-order valence-electron chi connectivity index (χ0n) is 8.64. The number of hydrogen-bond acceptors (Lipinski definition) is 3. The molecule has 82 valence electrons. The van der Waals surface area contributed by atoms with Crippen LogP contribution in [0.25, 0.3) is 11.3 Å². The number of hydrogen-bond donors (Lipinski definition) is 1. The lowest BCUT2D eigenvalue weighted by Crippen LogP contribution is -1.89. The Morgan fingerprint density at radius 3 is 2.81 bits per heavy atom. The number of nitrogens with zero attached hydrogens (tertiary/aromatic N) is 1. The number of aromatic nitrogens is 1. The molecule has 0 aliphatic rings. The summed E-state index contributed by atoms with van der Waals surface area (Å²) in [6.07, 6.45) is 1.53. The Morgan fingerprint density at radius 1 is 1.31 bits per heavy atom.